The molecule has 4 aliphatic carbocycles. The molecule has 0 aliphatic heterocycles. The quantitative estimate of drug-likeness (QED) is 0.315. The molecule has 1 heteroatoms. The Kier molecular flexibility index (Phi) is 6.35. The SMILES string of the molecule is CC1(C)c2cc(N([C@@H]3C=CC=CC3)[C@@]3(C)C=CC(c4ccccc4)=C(c4ccccc4)C3)ccc2C2C=CC=CC21. The summed E-state index contributed by atoms with van der Waals surface area (Å²) in [5.74, 6) is 0.978. The molecule has 0 bridgehead atoms. The van der Waals surface area contributed by atoms with Gasteiger partial charge in [-0.1, -0.05) is 141 Å². The van der Waals surface area contributed by atoms with Gasteiger partial charge in [0.2, 0.25) is 0 Å². The highest BCUT2D eigenvalue weighted by Gasteiger charge is 2.45. The first-order valence-electron chi connectivity index (χ1n) is 15.1. The van der Waals surface area contributed by atoms with E-state index in [9.17, 15) is 0 Å². The van der Waals surface area contributed by atoms with Crippen molar-refractivity contribution in [2.75, 3.05) is 4.90 Å². The number of hydrogen-bond acceptors (Lipinski definition) is 1. The monoisotopic (exact) mass is 533 g/mol. The topological polar surface area (TPSA) is 3.24 Å². The van der Waals surface area contributed by atoms with Crippen LogP contribution >= 0.6 is 0 Å². The molecule has 0 saturated carbocycles. The third kappa shape index (κ3) is 4.39. The van der Waals surface area contributed by atoms with Crippen molar-refractivity contribution >= 4 is 16.8 Å². The van der Waals surface area contributed by atoms with Crippen LogP contribution < -0.4 is 4.90 Å². The van der Waals surface area contributed by atoms with E-state index in [0.29, 0.717) is 11.8 Å². The molecule has 204 valence electrons. The van der Waals surface area contributed by atoms with Gasteiger partial charge in [0.25, 0.3) is 0 Å². The van der Waals surface area contributed by atoms with Crippen molar-refractivity contribution in [3.63, 3.8) is 0 Å². The lowest BCUT2D eigenvalue weighted by Crippen LogP contribution is -2.51. The van der Waals surface area contributed by atoms with E-state index in [-0.39, 0.29) is 17.0 Å². The molecule has 3 aromatic carbocycles. The molecule has 1 nitrogen and oxygen atoms in total. The van der Waals surface area contributed by atoms with Gasteiger partial charge in [0.05, 0.1) is 11.6 Å². The van der Waals surface area contributed by atoms with E-state index in [2.05, 4.69) is 165 Å². The molecular weight excluding hydrogens is 494 g/mol. The summed E-state index contributed by atoms with van der Waals surface area (Å²) in [6.07, 6.45) is 25.2. The van der Waals surface area contributed by atoms with E-state index in [4.69, 9.17) is 0 Å². The second-order valence-electron chi connectivity index (χ2n) is 12.8. The number of rotatable bonds is 5. The van der Waals surface area contributed by atoms with Crippen molar-refractivity contribution in [3.05, 3.63) is 162 Å². The fraction of sp³-hybridized carbons (Fsp3) is 0.250. The van der Waals surface area contributed by atoms with Crippen LogP contribution in [0.3, 0.4) is 0 Å². The highest BCUT2D eigenvalue weighted by molar-refractivity contribution is 5.97. The smallest absolute Gasteiger partial charge is 0.0606 e. The van der Waals surface area contributed by atoms with Gasteiger partial charge in [0.1, 0.15) is 0 Å². The number of anilines is 1. The van der Waals surface area contributed by atoms with E-state index in [1.54, 1.807) is 0 Å². The molecule has 0 spiro atoms. The van der Waals surface area contributed by atoms with Gasteiger partial charge >= 0.3 is 0 Å². The molecule has 0 amide bonds. The van der Waals surface area contributed by atoms with Gasteiger partial charge < -0.3 is 4.90 Å². The first-order valence-corrected chi connectivity index (χ1v) is 15.1. The number of fused-ring (bicyclic) bond motifs is 3. The molecule has 4 aliphatic rings. The molecule has 41 heavy (non-hydrogen) atoms. The van der Waals surface area contributed by atoms with Crippen molar-refractivity contribution in [2.24, 2.45) is 5.92 Å². The average molecular weight is 534 g/mol. The molecule has 0 saturated heterocycles. The Bertz CT molecular complexity index is 1630. The van der Waals surface area contributed by atoms with Crippen LogP contribution in [0.1, 0.15) is 61.8 Å². The number of nitrogens with zero attached hydrogens (tertiary/aromatic N) is 1. The van der Waals surface area contributed by atoms with Crippen molar-refractivity contribution in [1.82, 2.24) is 0 Å². The molecule has 3 aromatic rings. The predicted molar refractivity (Wildman–Crippen MR) is 175 cm³/mol. The Balaban J connectivity index is 1.35. The van der Waals surface area contributed by atoms with Gasteiger partial charge in [-0.15, -0.1) is 0 Å². The van der Waals surface area contributed by atoms with Gasteiger partial charge in [0.15, 0.2) is 0 Å². The number of allylic oxidation sites excluding steroid dienone is 8. The Hall–Kier alpha value is -4.10. The molecule has 0 heterocycles. The average Bonchev–Trinajstić information content (AvgIpc) is 3.25. The minimum Gasteiger partial charge on any atom is -0.356 e. The molecule has 0 N–H and O–H groups in total. The molecule has 0 aromatic heterocycles. The van der Waals surface area contributed by atoms with E-state index >= 15 is 0 Å². The zero-order valence-corrected chi connectivity index (χ0v) is 24.4. The van der Waals surface area contributed by atoms with E-state index in [1.807, 2.05) is 0 Å². The zero-order valence-electron chi connectivity index (χ0n) is 24.4. The van der Waals surface area contributed by atoms with Crippen molar-refractivity contribution in [3.8, 4) is 0 Å². The van der Waals surface area contributed by atoms with E-state index in [0.717, 1.165) is 12.8 Å². The molecular formula is C40H39N. The van der Waals surface area contributed by atoms with Gasteiger partial charge in [-0.05, 0) is 70.2 Å². The summed E-state index contributed by atoms with van der Waals surface area (Å²) in [7, 11) is 0. The summed E-state index contributed by atoms with van der Waals surface area (Å²) in [6, 6.07) is 29.5. The first kappa shape index (κ1) is 25.8. The summed E-state index contributed by atoms with van der Waals surface area (Å²) in [5.41, 5.74) is 9.50. The maximum atomic E-state index is 2.71. The van der Waals surface area contributed by atoms with Crippen LogP contribution in [0.2, 0.25) is 0 Å². The summed E-state index contributed by atoms with van der Waals surface area (Å²) in [4.78, 5) is 2.71. The summed E-state index contributed by atoms with van der Waals surface area (Å²) < 4.78 is 0. The maximum absolute atomic E-state index is 2.71. The van der Waals surface area contributed by atoms with Gasteiger partial charge in [-0.2, -0.15) is 0 Å². The van der Waals surface area contributed by atoms with Gasteiger partial charge in [-0.25, -0.2) is 0 Å². The first-order chi connectivity index (χ1) is 20.0. The van der Waals surface area contributed by atoms with Crippen molar-refractivity contribution in [1.29, 1.82) is 0 Å². The van der Waals surface area contributed by atoms with E-state index in [1.165, 1.54) is 39.1 Å². The second kappa shape index (κ2) is 10.1. The fourth-order valence-corrected chi connectivity index (χ4v) is 7.77. The highest BCUT2D eigenvalue weighted by atomic mass is 15.2. The Morgan fingerprint density at radius 3 is 2.17 bits per heavy atom. The molecule has 2 unspecified atom stereocenters. The minimum atomic E-state index is -0.201. The maximum Gasteiger partial charge on any atom is 0.0606 e. The largest absolute Gasteiger partial charge is 0.356 e. The molecule has 7 rings (SSSR count). The van der Waals surface area contributed by atoms with Crippen LogP contribution in [0.25, 0.3) is 11.1 Å². The lowest BCUT2D eigenvalue weighted by Gasteiger charge is -2.48. The standard InChI is InChI=1S/C40H39N/c1-39(2)37-22-14-13-21-34(37)35-24-23-32(27-38(35)39)41(31-19-11-6-12-20-31)40(3)26-25-33(29-15-7-4-8-16-29)36(28-40)30-17-9-5-10-18-30/h4-19,21-27,31,34,37H,20,28H2,1-3H3/t31-,34?,37?,40+/m1/s1. The third-order valence-corrected chi connectivity index (χ3v) is 9.85. The van der Waals surface area contributed by atoms with Gasteiger partial charge in [0, 0.05) is 18.0 Å². The predicted octanol–water partition coefficient (Wildman–Crippen LogP) is 9.82. The summed E-state index contributed by atoms with van der Waals surface area (Å²) in [5, 5.41) is 0. The normalized spacial score (nSPS) is 27.1. The van der Waals surface area contributed by atoms with Crippen LogP contribution in [0.15, 0.2) is 140 Å². The van der Waals surface area contributed by atoms with Crippen LogP contribution in [-0.2, 0) is 5.41 Å². The number of benzene rings is 3. The Morgan fingerprint density at radius 1 is 0.732 bits per heavy atom. The van der Waals surface area contributed by atoms with Crippen LogP contribution in [0.5, 0.6) is 0 Å². The Labute approximate surface area is 245 Å². The Morgan fingerprint density at radius 2 is 1.44 bits per heavy atom. The zero-order chi connectivity index (χ0) is 28.0. The van der Waals surface area contributed by atoms with Crippen LogP contribution in [0, 0.1) is 5.92 Å². The van der Waals surface area contributed by atoms with Crippen LogP contribution in [-0.4, -0.2) is 11.6 Å². The molecule has 0 fully saturated rings. The molecule has 4 atom stereocenters. The minimum absolute atomic E-state index is 0.0874. The van der Waals surface area contributed by atoms with Gasteiger partial charge in [-0.3, -0.25) is 0 Å². The van der Waals surface area contributed by atoms with Crippen molar-refractivity contribution < 1.29 is 0 Å². The van der Waals surface area contributed by atoms with Crippen LogP contribution in [0.4, 0.5) is 5.69 Å². The second-order valence-corrected chi connectivity index (χ2v) is 12.8. The third-order valence-electron chi connectivity index (χ3n) is 9.85. The summed E-state index contributed by atoms with van der Waals surface area (Å²) >= 11 is 0. The highest BCUT2D eigenvalue weighted by Crippen LogP contribution is 2.54. The van der Waals surface area contributed by atoms with E-state index < -0.39 is 0 Å². The summed E-state index contributed by atoms with van der Waals surface area (Å²) in [6.45, 7) is 7.30. The lowest BCUT2D eigenvalue weighted by atomic mass is 9.74. The lowest BCUT2D eigenvalue weighted by molar-refractivity contribution is 0.394. The number of hydrogen-bond donors (Lipinski definition) is 0. The fourth-order valence-electron chi connectivity index (χ4n) is 7.77. The van der Waals surface area contributed by atoms with Crippen molar-refractivity contribution in [2.45, 2.75) is 56.5 Å². The molecule has 0 radical (unpaired) electrons.